The Labute approximate surface area is 373 Å². The summed E-state index contributed by atoms with van der Waals surface area (Å²) in [6, 6.07) is 58.4. The first-order valence-corrected chi connectivity index (χ1v) is 20.3. The van der Waals surface area contributed by atoms with E-state index in [0.717, 1.165) is 38.9 Å². The third-order valence-corrected chi connectivity index (χ3v) is 10.9. The number of para-hydroxylation sites is 2. The van der Waals surface area contributed by atoms with Gasteiger partial charge in [-0.1, -0.05) is 123 Å². The summed E-state index contributed by atoms with van der Waals surface area (Å²) in [6.45, 7) is 9.03. The minimum absolute atomic E-state index is 0. The van der Waals surface area contributed by atoms with E-state index in [1.54, 1.807) is 36.5 Å². The van der Waals surface area contributed by atoms with Crippen molar-refractivity contribution in [3.05, 3.63) is 193 Å². The van der Waals surface area contributed by atoms with Crippen molar-refractivity contribution in [3.8, 4) is 56.7 Å². The summed E-state index contributed by atoms with van der Waals surface area (Å²) in [6.07, 6.45) is 1.63. The van der Waals surface area contributed by atoms with Crippen LogP contribution in [-0.2, 0) is 20.1 Å². The molecule has 0 amide bonds. The van der Waals surface area contributed by atoms with Gasteiger partial charge in [-0.2, -0.15) is 5.26 Å². The molecule has 0 bridgehead atoms. The number of benzene rings is 6. The quantitative estimate of drug-likeness (QED) is 0.149. The Balaban J connectivity index is 0.000000323. The van der Waals surface area contributed by atoms with Crippen LogP contribution in [0.2, 0.25) is 0 Å². The third kappa shape index (κ3) is 7.97. The van der Waals surface area contributed by atoms with E-state index in [-0.39, 0.29) is 37.8 Å². The van der Waals surface area contributed by atoms with Gasteiger partial charge in [0.15, 0.2) is 0 Å². The Morgan fingerprint density at radius 2 is 1.31 bits per heavy atom. The Morgan fingerprint density at radius 1 is 0.645 bits per heavy atom. The molecule has 4 heterocycles. The fraction of sp³-hybridized carbons (Fsp3) is 0.111. The summed E-state index contributed by atoms with van der Waals surface area (Å²) in [7, 11) is 0. The van der Waals surface area contributed by atoms with Gasteiger partial charge >= 0.3 is 0 Å². The molecule has 0 fully saturated rings. The molecule has 0 spiro atoms. The average molecular weight is 986 g/mol. The van der Waals surface area contributed by atoms with E-state index in [9.17, 15) is 9.65 Å². The molecule has 10 aromatic rings. The number of fused-ring (bicyclic) bond motifs is 4. The maximum absolute atomic E-state index is 13.2. The van der Waals surface area contributed by atoms with Crippen LogP contribution < -0.4 is 0 Å². The van der Waals surface area contributed by atoms with Gasteiger partial charge in [0.1, 0.15) is 11.8 Å². The van der Waals surface area contributed by atoms with Crippen LogP contribution >= 0.6 is 0 Å². The number of nitrogens with zero attached hydrogens (tertiary/aromatic N) is 5. The molecule has 6 aromatic carbocycles. The molecule has 8 heteroatoms. The number of halogens is 1. The molecule has 4 aromatic heterocycles. The summed E-state index contributed by atoms with van der Waals surface area (Å²) in [5, 5.41) is 11.2. The van der Waals surface area contributed by atoms with Gasteiger partial charge in [-0.05, 0) is 93.4 Å². The number of aromatic nitrogens is 4. The van der Waals surface area contributed by atoms with E-state index in [0.29, 0.717) is 28.2 Å². The van der Waals surface area contributed by atoms with Crippen molar-refractivity contribution < 1.29 is 28.9 Å². The van der Waals surface area contributed by atoms with Gasteiger partial charge in [0.2, 0.25) is 5.71 Å². The predicted molar refractivity (Wildman–Crippen MR) is 243 cm³/mol. The zero-order valence-corrected chi connectivity index (χ0v) is 36.9. The van der Waals surface area contributed by atoms with Crippen LogP contribution in [0, 0.1) is 29.3 Å². The number of imidazole rings is 1. The minimum Gasteiger partial charge on any atom is -0.486 e. The fourth-order valence-corrected chi connectivity index (χ4v) is 7.86. The smallest absolute Gasteiger partial charge is 0.217 e. The first kappa shape index (κ1) is 41.7. The van der Waals surface area contributed by atoms with Crippen LogP contribution in [0.5, 0.6) is 0 Å². The van der Waals surface area contributed by atoms with Gasteiger partial charge in [0.25, 0.3) is 0 Å². The predicted octanol–water partition coefficient (Wildman–Crippen LogP) is 13.9. The van der Waals surface area contributed by atoms with Gasteiger partial charge in [0, 0.05) is 43.2 Å². The average Bonchev–Trinajstić information content (AvgIpc) is 3.88. The molecule has 305 valence electrons. The Morgan fingerprint density at radius 3 is 1.98 bits per heavy atom. The van der Waals surface area contributed by atoms with E-state index >= 15 is 0 Å². The molecule has 0 aliphatic rings. The molecule has 62 heavy (non-hydrogen) atoms. The first-order valence-electron chi connectivity index (χ1n) is 20.3. The molecular weight excluding hydrogens is 946 g/mol. The topological polar surface area (TPSA) is 80.5 Å². The number of furan rings is 1. The number of pyridine rings is 2. The summed E-state index contributed by atoms with van der Waals surface area (Å²) in [5.74, 6) is 0.926. The van der Waals surface area contributed by atoms with E-state index in [1.165, 1.54) is 39.4 Å². The zero-order valence-electron chi connectivity index (χ0n) is 34.5. The molecule has 1 radical (unpaired) electrons. The van der Waals surface area contributed by atoms with Gasteiger partial charge in [-0.15, -0.1) is 42.5 Å². The Kier molecular flexibility index (Phi) is 12.0. The second-order valence-electron chi connectivity index (χ2n) is 15.5. The van der Waals surface area contributed by atoms with Gasteiger partial charge < -0.3 is 14.0 Å². The van der Waals surface area contributed by atoms with E-state index in [4.69, 9.17) is 9.40 Å². The molecule has 0 unspecified atom stereocenters. The van der Waals surface area contributed by atoms with Crippen molar-refractivity contribution in [3.63, 3.8) is 0 Å². The molecule has 0 aliphatic heterocycles. The first-order chi connectivity index (χ1) is 29.8. The van der Waals surface area contributed by atoms with Crippen molar-refractivity contribution in [2.24, 2.45) is 0 Å². The monoisotopic (exact) mass is 986 g/mol. The van der Waals surface area contributed by atoms with Crippen molar-refractivity contribution in [2.75, 3.05) is 0 Å². The largest absolute Gasteiger partial charge is 0.486 e. The van der Waals surface area contributed by atoms with Crippen LogP contribution in [-0.4, -0.2) is 19.5 Å². The van der Waals surface area contributed by atoms with E-state index in [1.807, 2.05) is 36.4 Å². The van der Waals surface area contributed by atoms with Crippen LogP contribution in [0.25, 0.3) is 83.7 Å². The second-order valence-corrected chi connectivity index (χ2v) is 15.5. The van der Waals surface area contributed by atoms with E-state index < -0.39 is 0 Å². The number of hydrogen-bond donors (Lipinski definition) is 0. The van der Waals surface area contributed by atoms with Gasteiger partial charge in [-0.3, -0.25) is 9.37 Å². The molecule has 0 saturated carbocycles. The van der Waals surface area contributed by atoms with Crippen LogP contribution in [0.4, 0.5) is 4.39 Å². The number of nitriles is 1. The summed E-state index contributed by atoms with van der Waals surface area (Å²) in [5.41, 5.74) is 13.5. The number of rotatable bonds is 7. The SMILES string of the molecule is CC(C)c1cc(-c2ccc(-c3ccccc3)cc2)cc(C(C)C)c1-n1c(-c2[c-]ccc3c2oc2nc(C#N)ccc23)nc2ccccc21.Fc1ccc[c-]c1-c1ccccn1.[Ir]. The Bertz CT molecular complexity index is 3190. The molecule has 0 saturated heterocycles. The zero-order chi connectivity index (χ0) is 42.0. The molecule has 10 rings (SSSR count). The molecule has 6 nitrogen and oxygen atoms in total. The minimum atomic E-state index is -0.291. The Hall–Kier alpha value is -7.04. The normalized spacial score (nSPS) is 11.1. The summed E-state index contributed by atoms with van der Waals surface area (Å²) >= 11 is 0. The maximum Gasteiger partial charge on any atom is 0.217 e. The van der Waals surface area contributed by atoms with Gasteiger partial charge in [-0.25, -0.2) is 4.98 Å². The van der Waals surface area contributed by atoms with Crippen LogP contribution in [0.15, 0.2) is 162 Å². The standard InChI is InChI=1S/C43H33N4O.C11H7FN.Ir/c1-26(2)36-23-31(30-19-17-29(18-20-30)28-11-6-5-7-12-28)24-37(27(3)4)40(36)47-39-16-9-8-15-38(39)46-42(47)35-14-10-13-33-34-22-21-32(25-44)45-43(34)48-41(33)35;12-10-6-2-1-5-9(10)11-7-3-4-8-13-11;/h5-13,15-24,26-27H,1-4H3;1-4,6-8H;/q2*-1;. The molecule has 0 atom stereocenters. The molecular formula is C54H40FIrN5O-2. The summed E-state index contributed by atoms with van der Waals surface area (Å²) in [4.78, 5) is 13.7. The van der Waals surface area contributed by atoms with Crippen LogP contribution in [0.1, 0.15) is 56.4 Å². The third-order valence-electron chi connectivity index (χ3n) is 10.9. The van der Waals surface area contributed by atoms with Crippen molar-refractivity contribution in [1.82, 2.24) is 19.5 Å². The van der Waals surface area contributed by atoms with Crippen molar-refractivity contribution in [2.45, 2.75) is 39.5 Å². The fourth-order valence-electron chi connectivity index (χ4n) is 7.86. The number of hydrogen-bond acceptors (Lipinski definition) is 5. The molecule has 0 N–H and O–H groups in total. The maximum atomic E-state index is 13.2. The second kappa shape index (κ2) is 17.9. The molecule has 0 aliphatic carbocycles. The van der Waals surface area contributed by atoms with E-state index in [2.05, 4.69) is 139 Å². The van der Waals surface area contributed by atoms with Crippen molar-refractivity contribution >= 4 is 33.1 Å². The van der Waals surface area contributed by atoms with Gasteiger partial charge in [0.05, 0.1) is 22.4 Å². The van der Waals surface area contributed by atoms with Crippen molar-refractivity contribution in [1.29, 1.82) is 5.26 Å². The van der Waals surface area contributed by atoms with Crippen LogP contribution in [0.3, 0.4) is 0 Å². The summed E-state index contributed by atoms with van der Waals surface area (Å²) < 4.78 is 21.9.